The van der Waals surface area contributed by atoms with Gasteiger partial charge in [0.05, 0.1) is 12.3 Å². The lowest BCUT2D eigenvalue weighted by molar-refractivity contribution is -0.142. The van der Waals surface area contributed by atoms with Crippen LogP contribution in [0.15, 0.2) is 12.1 Å². The Bertz CT molecular complexity index is 371. The van der Waals surface area contributed by atoms with Gasteiger partial charge >= 0.3 is 6.18 Å². The molecule has 0 saturated heterocycles. The van der Waals surface area contributed by atoms with Gasteiger partial charge in [0.15, 0.2) is 0 Å². The van der Waals surface area contributed by atoms with Gasteiger partial charge in [0.2, 0.25) is 0 Å². The van der Waals surface area contributed by atoms with Crippen LogP contribution in [0.25, 0.3) is 0 Å². The van der Waals surface area contributed by atoms with E-state index >= 15 is 0 Å². The van der Waals surface area contributed by atoms with E-state index in [0.29, 0.717) is 0 Å². The minimum absolute atomic E-state index is 0.00173. The Kier molecular flexibility index (Phi) is 2.42. The maximum atomic E-state index is 12.6. The lowest BCUT2D eigenvalue weighted by Crippen LogP contribution is -2.13. The van der Waals surface area contributed by atoms with E-state index in [1.54, 1.807) is 0 Å². The summed E-state index contributed by atoms with van der Waals surface area (Å²) in [5, 5.41) is 8.74. The van der Waals surface area contributed by atoms with Crippen molar-refractivity contribution in [3.05, 3.63) is 29.1 Å². The molecular weight excluding hydrogens is 207 g/mol. The average Bonchev–Trinajstić information content (AvgIpc) is 2.99. The molecule has 0 spiro atoms. The van der Waals surface area contributed by atoms with Crippen LogP contribution in [0.4, 0.5) is 13.2 Å². The first-order valence-corrected chi connectivity index (χ1v) is 4.70. The highest BCUT2D eigenvalue weighted by Gasteiger charge is 2.39. The summed E-state index contributed by atoms with van der Waals surface area (Å²) in [5.41, 5.74) is -0.511. The maximum absolute atomic E-state index is 12.6. The van der Waals surface area contributed by atoms with E-state index in [1.165, 1.54) is 12.1 Å². The summed E-state index contributed by atoms with van der Waals surface area (Å²) in [7, 11) is 0. The van der Waals surface area contributed by atoms with Crippen molar-refractivity contribution >= 4 is 0 Å². The van der Waals surface area contributed by atoms with E-state index in [2.05, 4.69) is 4.98 Å². The van der Waals surface area contributed by atoms with Crippen molar-refractivity contribution in [1.82, 2.24) is 4.98 Å². The summed E-state index contributed by atoms with van der Waals surface area (Å²) in [6, 6.07) is 2.88. The SMILES string of the molecule is OCc1ccc(C2CC2)c(C(F)(F)F)n1. The predicted molar refractivity (Wildman–Crippen MR) is 47.1 cm³/mol. The molecule has 1 N–H and O–H groups in total. The minimum atomic E-state index is -4.43. The monoisotopic (exact) mass is 217 g/mol. The molecule has 0 bridgehead atoms. The lowest BCUT2D eigenvalue weighted by Gasteiger charge is -2.12. The van der Waals surface area contributed by atoms with Gasteiger partial charge in [-0.15, -0.1) is 0 Å². The summed E-state index contributed by atoms with van der Waals surface area (Å²) >= 11 is 0. The average molecular weight is 217 g/mol. The van der Waals surface area contributed by atoms with Crippen LogP contribution in [0.1, 0.15) is 35.7 Å². The molecule has 2 nitrogen and oxygen atoms in total. The molecule has 1 aliphatic rings. The molecule has 0 aromatic carbocycles. The van der Waals surface area contributed by atoms with E-state index < -0.39 is 18.5 Å². The minimum Gasteiger partial charge on any atom is -0.390 e. The molecule has 1 saturated carbocycles. The Hall–Kier alpha value is -1.10. The Labute approximate surface area is 84.8 Å². The van der Waals surface area contributed by atoms with E-state index in [0.717, 1.165) is 12.8 Å². The van der Waals surface area contributed by atoms with Crippen LogP contribution in [0.3, 0.4) is 0 Å². The summed E-state index contributed by atoms with van der Waals surface area (Å²) < 4.78 is 37.8. The molecule has 1 aliphatic carbocycles. The van der Waals surface area contributed by atoms with Crippen LogP contribution in [0, 0.1) is 0 Å². The Morgan fingerprint density at radius 1 is 1.33 bits per heavy atom. The number of aromatic nitrogens is 1. The van der Waals surface area contributed by atoms with Crippen molar-refractivity contribution in [2.75, 3.05) is 0 Å². The molecule has 5 heteroatoms. The molecule has 0 radical (unpaired) electrons. The molecule has 0 amide bonds. The molecule has 2 rings (SSSR count). The van der Waals surface area contributed by atoms with Gasteiger partial charge in [-0.25, -0.2) is 4.98 Å². The first-order chi connectivity index (χ1) is 7.02. The van der Waals surface area contributed by atoms with Gasteiger partial charge in [0.25, 0.3) is 0 Å². The van der Waals surface area contributed by atoms with E-state index in [9.17, 15) is 13.2 Å². The molecule has 82 valence electrons. The highest BCUT2D eigenvalue weighted by Crippen LogP contribution is 2.45. The highest BCUT2D eigenvalue weighted by atomic mass is 19.4. The molecule has 1 heterocycles. The Balaban J connectivity index is 2.45. The number of hydrogen-bond acceptors (Lipinski definition) is 2. The zero-order valence-corrected chi connectivity index (χ0v) is 7.88. The molecule has 0 aliphatic heterocycles. The lowest BCUT2D eigenvalue weighted by atomic mass is 10.1. The van der Waals surface area contributed by atoms with Crippen molar-refractivity contribution in [1.29, 1.82) is 0 Å². The van der Waals surface area contributed by atoms with Crippen molar-refractivity contribution in [2.45, 2.75) is 31.5 Å². The van der Waals surface area contributed by atoms with Gasteiger partial charge in [-0.3, -0.25) is 0 Å². The van der Waals surface area contributed by atoms with Gasteiger partial charge in [0, 0.05) is 0 Å². The number of hydrogen-bond donors (Lipinski definition) is 1. The number of halogens is 3. The number of pyridine rings is 1. The summed E-state index contributed by atoms with van der Waals surface area (Å²) in [5.74, 6) is 0.00173. The molecule has 1 fully saturated rings. The molecule has 0 atom stereocenters. The van der Waals surface area contributed by atoms with Crippen LogP contribution in [-0.4, -0.2) is 10.1 Å². The second kappa shape index (κ2) is 3.48. The highest BCUT2D eigenvalue weighted by molar-refractivity contribution is 5.31. The second-order valence-electron chi connectivity index (χ2n) is 3.67. The van der Waals surface area contributed by atoms with Crippen molar-refractivity contribution in [2.24, 2.45) is 0 Å². The fourth-order valence-corrected chi connectivity index (χ4v) is 1.55. The Morgan fingerprint density at radius 3 is 2.47 bits per heavy atom. The van der Waals surface area contributed by atoms with E-state index in [-0.39, 0.29) is 17.2 Å². The molecule has 1 aromatic rings. The topological polar surface area (TPSA) is 33.1 Å². The standard InChI is InChI=1S/C10H10F3NO/c11-10(12,13)9-8(6-1-2-6)4-3-7(5-15)14-9/h3-4,6,15H,1-2,5H2. The largest absolute Gasteiger partial charge is 0.433 e. The van der Waals surface area contributed by atoms with Crippen molar-refractivity contribution < 1.29 is 18.3 Å². The molecular formula is C10H10F3NO. The fourth-order valence-electron chi connectivity index (χ4n) is 1.55. The zero-order chi connectivity index (χ0) is 11.1. The molecule has 0 unspecified atom stereocenters. The third-order valence-corrected chi connectivity index (χ3v) is 2.43. The van der Waals surface area contributed by atoms with E-state index in [1.807, 2.05) is 0 Å². The van der Waals surface area contributed by atoms with Crippen LogP contribution in [-0.2, 0) is 12.8 Å². The third kappa shape index (κ3) is 2.12. The smallest absolute Gasteiger partial charge is 0.390 e. The van der Waals surface area contributed by atoms with Gasteiger partial charge < -0.3 is 5.11 Å². The number of alkyl halides is 3. The summed E-state index contributed by atoms with van der Waals surface area (Å²) in [6.45, 7) is -0.464. The summed E-state index contributed by atoms with van der Waals surface area (Å²) in [6.07, 6.45) is -2.84. The maximum Gasteiger partial charge on any atom is 0.433 e. The normalized spacial score (nSPS) is 16.8. The van der Waals surface area contributed by atoms with Gasteiger partial charge in [-0.05, 0) is 30.4 Å². The Morgan fingerprint density at radius 2 is 2.00 bits per heavy atom. The number of rotatable bonds is 2. The van der Waals surface area contributed by atoms with E-state index in [4.69, 9.17) is 5.11 Å². The van der Waals surface area contributed by atoms with Crippen molar-refractivity contribution in [3.8, 4) is 0 Å². The second-order valence-corrected chi connectivity index (χ2v) is 3.67. The van der Waals surface area contributed by atoms with Crippen LogP contribution in [0.2, 0.25) is 0 Å². The van der Waals surface area contributed by atoms with Crippen LogP contribution >= 0.6 is 0 Å². The fraction of sp³-hybridized carbons (Fsp3) is 0.500. The zero-order valence-electron chi connectivity index (χ0n) is 7.88. The quantitative estimate of drug-likeness (QED) is 0.825. The van der Waals surface area contributed by atoms with Gasteiger partial charge in [0.1, 0.15) is 5.69 Å². The number of aliphatic hydroxyl groups is 1. The van der Waals surface area contributed by atoms with Gasteiger partial charge in [-0.1, -0.05) is 6.07 Å². The predicted octanol–water partition coefficient (Wildman–Crippen LogP) is 2.47. The number of nitrogens with zero attached hydrogens (tertiary/aromatic N) is 1. The molecule has 1 aromatic heterocycles. The first-order valence-electron chi connectivity index (χ1n) is 4.70. The van der Waals surface area contributed by atoms with Crippen molar-refractivity contribution in [3.63, 3.8) is 0 Å². The third-order valence-electron chi connectivity index (χ3n) is 2.43. The first kappa shape index (κ1) is 10.4. The van der Waals surface area contributed by atoms with Gasteiger partial charge in [-0.2, -0.15) is 13.2 Å². The van der Waals surface area contributed by atoms with Crippen LogP contribution in [0.5, 0.6) is 0 Å². The summed E-state index contributed by atoms with van der Waals surface area (Å²) in [4.78, 5) is 3.45. The van der Waals surface area contributed by atoms with Crippen LogP contribution < -0.4 is 0 Å². The molecule has 15 heavy (non-hydrogen) atoms. The number of aliphatic hydroxyl groups excluding tert-OH is 1.